The number of ether oxygens (including phenoxy) is 1. The predicted molar refractivity (Wildman–Crippen MR) is 89.3 cm³/mol. The summed E-state index contributed by atoms with van der Waals surface area (Å²) in [5, 5.41) is 6.42. The highest BCUT2D eigenvalue weighted by molar-refractivity contribution is 9.10. The van der Waals surface area contributed by atoms with Crippen LogP contribution >= 0.6 is 27.5 Å². The van der Waals surface area contributed by atoms with E-state index in [1.807, 2.05) is 18.2 Å². The van der Waals surface area contributed by atoms with Crippen LogP contribution in [-0.4, -0.2) is 19.6 Å². The summed E-state index contributed by atoms with van der Waals surface area (Å²) in [5.41, 5.74) is 1.45. The Labute approximate surface area is 136 Å². The maximum atomic E-state index is 11.9. The van der Waals surface area contributed by atoms with Crippen molar-refractivity contribution in [3.63, 3.8) is 0 Å². The molecule has 0 saturated heterocycles. The maximum absolute atomic E-state index is 11.9. The Hall–Kier alpha value is -1.72. The van der Waals surface area contributed by atoms with Crippen molar-refractivity contribution in [2.24, 2.45) is 0 Å². The van der Waals surface area contributed by atoms with E-state index in [0.717, 1.165) is 10.2 Å². The molecule has 0 atom stereocenters. The van der Waals surface area contributed by atoms with Crippen molar-refractivity contribution in [2.45, 2.75) is 0 Å². The molecular formula is C15H14BrClN2O2. The SMILES string of the molecule is COc1cccc(NC(=O)CNc2cc(Cl)ccc2Br)c1. The number of halogens is 2. The number of amides is 1. The molecule has 2 rings (SSSR count). The average Bonchev–Trinajstić information content (AvgIpc) is 2.48. The van der Waals surface area contributed by atoms with Crippen molar-refractivity contribution < 1.29 is 9.53 Å². The van der Waals surface area contributed by atoms with Gasteiger partial charge in [0, 0.05) is 21.2 Å². The van der Waals surface area contributed by atoms with Crippen molar-refractivity contribution in [2.75, 3.05) is 24.3 Å². The van der Waals surface area contributed by atoms with Crippen molar-refractivity contribution in [3.8, 4) is 5.75 Å². The smallest absolute Gasteiger partial charge is 0.243 e. The van der Waals surface area contributed by atoms with Gasteiger partial charge in [-0.2, -0.15) is 0 Å². The summed E-state index contributed by atoms with van der Waals surface area (Å²) in [7, 11) is 1.58. The molecule has 0 radical (unpaired) electrons. The molecule has 0 unspecified atom stereocenters. The zero-order chi connectivity index (χ0) is 15.2. The van der Waals surface area contributed by atoms with Gasteiger partial charge in [0.2, 0.25) is 5.91 Å². The molecule has 2 aromatic rings. The number of hydrogen-bond acceptors (Lipinski definition) is 3. The van der Waals surface area contributed by atoms with Gasteiger partial charge in [0.05, 0.1) is 19.3 Å². The first-order valence-corrected chi connectivity index (χ1v) is 7.38. The molecule has 0 saturated carbocycles. The third-order valence-corrected chi connectivity index (χ3v) is 3.65. The van der Waals surface area contributed by atoms with Gasteiger partial charge in [0.1, 0.15) is 5.75 Å². The number of hydrogen-bond donors (Lipinski definition) is 2. The van der Waals surface area contributed by atoms with E-state index in [1.54, 1.807) is 31.4 Å². The van der Waals surface area contributed by atoms with Gasteiger partial charge in [0.15, 0.2) is 0 Å². The topological polar surface area (TPSA) is 50.4 Å². The summed E-state index contributed by atoms with van der Waals surface area (Å²) in [6, 6.07) is 12.5. The Morgan fingerprint density at radius 1 is 1.29 bits per heavy atom. The molecule has 110 valence electrons. The Morgan fingerprint density at radius 2 is 2.10 bits per heavy atom. The summed E-state index contributed by atoms with van der Waals surface area (Å²) in [6.45, 7) is 0.135. The van der Waals surface area contributed by atoms with E-state index in [4.69, 9.17) is 16.3 Å². The van der Waals surface area contributed by atoms with Crippen molar-refractivity contribution in [1.82, 2.24) is 0 Å². The van der Waals surface area contributed by atoms with E-state index in [-0.39, 0.29) is 12.5 Å². The van der Waals surface area contributed by atoms with Gasteiger partial charge in [-0.05, 0) is 46.3 Å². The van der Waals surface area contributed by atoms with Crippen LogP contribution in [-0.2, 0) is 4.79 Å². The quantitative estimate of drug-likeness (QED) is 0.832. The molecule has 0 bridgehead atoms. The Bertz CT molecular complexity index is 649. The van der Waals surface area contributed by atoms with Gasteiger partial charge in [0.25, 0.3) is 0 Å². The standard InChI is InChI=1S/C15H14BrClN2O2/c1-21-12-4-2-3-11(8-12)19-15(20)9-18-14-7-10(17)5-6-13(14)16/h2-8,18H,9H2,1H3,(H,19,20). The van der Waals surface area contributed by atoms with Crippen LogP contribution in [0, 0.1) is 0 Å². The zero-order valence-electron chi connectivity index (χ0n) is 11.3. The second-order valence-corrected chi connectivity index (χ2v) is 5.55. The summed E-state index contributed by atoms with van der Waals surface area (Å²) in [5.74, 6) is 0.536. The van der Waals surface area contributed by atoms with Gasteiger partial charge in [-0.3, -0.25) is 4.79 Å². The van der Waals surface area contributed by atoms with E-state index < -0.39 is 0 Å². The monoisotopic (exact) mass is 368 g/mol. The van der Waals surface area contributed by atoms with Gasteiger partial charge in [-0.1, -0.05) is 17.7 Å². The highest BCUT2D eigenvalue weighted by atomic mass is 79.9. The lowest BCUT2D eigenvalue weighted by atomic mass is 10.3. The molecule has 2 aromatic carbocycles. The Kier molecular flexibility index (Phi) is 5.47. The highest BCUT2D eigenvalue weighted by Crippen LogP contribution is 2.25. The number of carbonyl (C=O) groups excluding carboxylic acids is 1. The molecule has 4 nitrogen and oxygen atoms in total. The van der Waals surface area contributed by atoms with Crippen LogP contribution in [0.1, 0.15) is 0 Å². The summed E-state index contributed by atoms with van der Waals surface area (Å²) in [6.07, 6.45) is 0. The first kappa shape index (κ1) is 15.7. The van der Waals surface area contributed by atoms with Crippen LogP contribution in [0.3, 0.4) is 0 Å². The van der Waals surface area contributed by atoms with Gasteiger partial charge >= 0.3 is 0 Å². The summed E-state index contributed by atoms with van der Waals surface area (Å²) in [4.78, 5) is 11.9. The molecular weight excluding hydrogens is 356 g/mol. The number of benzene rings is 2. The minimum Gasteiger partial charge on any atom is -0.497 e. The van der Waals surface area contributed by atoms with Gasteiger partial charge in [-0.25, -0.2) is 0 Å². The van der Waals surface area contributed by atoms with Crippen LogP contribution in [0.5, 0.6) is 5.75 Å². The van der Waals surface area contributed by atoms with Gasteiger partial charge in [-0.15, -0.1) is 0 Å². The number of rotatable bonds is 5. The third kappa shape index (κ3) is 4.65. The summed E-state index contributed by atoms with van der Waals surface area (Å²) < 4.78 is 5.96. The van der Waals surface area contributed by atoms with Crippen LogP contribution in [0.15, 0.2) is 46.9 Å². The van der Waals surface area contributed by atoms with Crippen molar-refractivity contribution in [1.29, 1.82) is 0 Å². The number of carbonyl (C=O) groups is 1. The molecule has 1 amide bonds. The summed E-state index contributed by atoms with van der Waals surface area (Å²) >= 11 is 9.32. The molecule has 0 spiro atoms. The molecule has 0 aliphatic carbocycles. The van der Waals surface area contributed by atoms with E-state index in [0.29, 0.717) is 16.5 Å². The largest absolute Gasteiger partial charge is 0.497 e. The first-order chi connectivity index (χ1) is 10.1. The normalized spacial score (nSPS) is 10.0. The minimum atomic E-state index is -0.157. The Morgan fingerprint density at radius 3 is 2.86 bits per heavy atom. The molecule has 0 aliphatic rings. The maximum Gasteiger partial charge on any atom is 0.243 e. The van der Waals surface area contributed by atoms with Crippen LogP contribution in [0.2, 0.25) is 5.02 Å². The van der Waals surface area contributed by atoms with E-state index >= 15 is 0 Å². The minimum absolute atomic E-state index is 0.135. The lowest BCUT2D eigenvalue weighted by molar-refractivity contribution is -0.114. The molecule has 6 heteroatoms. The molecule has 21 heavy (non-hydrogen) atoms. The van der Waals surface area contributed by atoms with Gasteiger partial charge < -0.3 is 15.4 Å². The van der Waals surface area contributed by atoms with Crippen molar-refractivity contribution in [3.05, 3.63) is 52.0 Å². The highest BCUT2D eigenvalue weighted by Gasteiger charge is 2.05. The van der Waals surface area contributed by atoms with Crippen molar-refractivity contribution >= 4 is 44.8 Å². The fourth-order valence-corrected chi connectivity index (χ4v) is 2.27. The van der Waals surface area contributed by atoms with Crippen LogP contribution in [0.4, 0.5) is 11.4 Å². The number of anilines is 2. The Balaban J connectivity index is 1.94. The molecule has 0 aliphatic heterocycles. The number of methoxy groups -OCH3 is 1. The number of nitrogens with one attached hydrogen (secondary N) is 2. The van der Waals surface area contributed by atoms with E-state index in [2.05, 4.69) is 26.6 Å². The predicted octanol–water partition coefficient (Wildman–Crippen LogP) is 4.16. The van der Waals surface area contributed by atoms with Crippen LogP contribution < -0.4 is 15.4 Å². The lowest BCUT2D eigenvalue weighted by Crippen LogP contribution is -2.21. The fraction of sp³-hybridized carbons (Fsp3) is 0.133. The zero-order valence-corrected chi connectivity index (χ0v) is 13.7. The lowest BCUT2D eigenvalue weighted by Gasteiger charge is -2.10. The average molecular weight is 370 g/mol. The molecule has 0 aromatic heterocycles. The van der Waals surface area contributed by atoms with E-state index in [9.17, 15) is 4.79 Å². The van der Waals surface area contributed by atoms with E-state index in [1.165, 1.54) is 0 Å². The molecule has 0 fully saturated rings. The molecule has 2 N–H and O–H groups in total. The molecule has 0 heterocycles. The second kappa shape index (κ2) is 7.33. The first-order valence-electron chi connectivity index (χ1n) is 6.21. The third-order valence-electron chi connectivity index (χ3n) is 2.72. The fourth-order valence-electron chi connectivity index (χ4n) is 1.71. The van der Waals surface area contributed by atoms with Crippen LogP contribution in [0.25, 0.3) is 0 Å². The second-order valence-electron chi connectivity index (χ2n) is 4.26.